The molecular weight excluding hydrogens is 373 g/mol. The molecule has 0 aliphatic carbocycles. The minimum Gasteiger partial charge on any atom is -0.457 e. The summed E-state index contributed by atoms with van der Waals surface area (Å²) >= 11 is 0. The Balaban J connectivity index is 1.74. The molecular formula is C20H21F3N2O3. The molecule has 5 nitrogen and oxygen atoms in total. The van der Waals surface area contributed by atoms with Crippen molar-refractivity contribution < 1.29 is 27.1 Å². The minimum atomic E-state index is -4.38. The van der Waals surface area contributed by atoms with E-state index in [1.54, 1.807) is 13.8 Å². The molecule has 150 valence electrons. The lowest BCUT2D eigenvalue weighted by Gasteiger charge is -2.12. The third-order valence-electron chi connectivity index (χ3n) is 4.74. The number of furan rings is 1. The number of aromatic nitrogens is 2. The van der Waals surface area contributed by atoms with E-state index >= 15 is 0 Å². The molecule has 3 rings (SSSR count). The normalized spacial score (nSPS) is 13.1. The van der Waals surface area contributed by atoms with Crippen molar-refractivity contribution in [3.8, 4) is 0 Å². The van der Waals surface area contributed by atoms with Gasteiger partial charge in [-0.05, 0) is 33.8 Å². The van der Waals surface area contributed by atoms with Crippen molar-refractivity contribution >= 4 is 16.9 Å². The van der Waals surface area contributed by atoms with Gasteiger partial charge in [0.25, 0.3) is 0 Å². The van der Waals surface area contributed by atoms with E-state index in [0.717, 1.165) is 15.6 Å². The first-order chi connectivity index (χ1) is 13.1. The number of carbonyl (C=O) groups excluding carboxylic acids is 1. The van der Waals surface area contributed by atoms with E-state index in [-0.39, 0.29) is 6.42 Å². The fourth-order valence-corrected chi connectivity index (χ4v) is 3.33. The Morgan fingerprint density at radius 2 is 1.93 bits per heavy atom. The van der Waals surface area contributed by atoms with Gasteiger partial charge in [-0.3, -0.25) is 9.48 Å². The second kappa shape index (κ2) is 7.33. The molecule has 0 saturated carbocycles. The largest absolute Gasteiger partial charge is 0.457 e. The summed E-state index contributed by atoms with van der Waals surface area (Å²) in [5.41, 5.74) is 2.73. The third kappa shape index (κ3) is 4.05. The Bertz CT molecular complexity index is 1020. The number of fused-ring (bicyclic) bond motifs is 1. The molecule has 0 N–H and O–H groups in total. The van der Waals surface area contributed by atoms with E-state index in [1.165, 1.54) is 6.92 Å². The maximum absolute atomic E-state index is 12.6. The molecule has 0 amide bonds. The van der Waals surface area contributed by atoms with Crippen molar-refractivity contribution in [3.63, 3.8) is 0 Å². The summed E-state index contributed by atoms with van der Waals surface area (Å²) in [6.07, 6.45) is -5.15. The fourth-order valence-electron chi connectivity index (χ4n) is 3.33. The smallest absolute Gasteiger partial charge is 0.408 e. The SMILES string of the molecule is Cc1nn(CC(F)(F)F)c(C)c1CC(=O)O[C@@H](C)c1oc2ccccc2c1C. The molecule has 0 radical (unpaired) electrons. The lowest BCUT2D eigenvalue weighted by atomic mass is 10.1. The van der Waals surface area contributed by atoms with Crippen LogP contribution in [-0.4, -0.2) is 21.9 Å². The summed E-state index contributed by atoms with van der Waals surface area (Å²) in [6, 6.07) is 7.52. The number of carbonyl (C=O) groups is 1. The maximum Gasteiger partial charge on any atom is 0.408 e. The predicted molar refractivity (Wildman–Crippen MR) is 96.9 cm³/mol. The molecule has 8 heteroatoms. The molecule has 2 aromatic heterocycles. The molecule has 2 heterocycles. The van der Waals surface area contributed by atoms with Gasteiger partial charge in [-0.25, -0.2) is 0 Å². The highest BCUT2D eigenvalue weighted by atomic mass is 19.4. The molecule has 1 aromatic carbocycles. The highest BCUT2D eigenvalue weighted by Crippen LogP contribution is 2.31. The number of para-hydroxylation sites is 1. The van der Waals surface area contributed by atoms with Gasteiger partial charge >= 0.3 is 12.1 Å². The first-order valence-corrected chi connectivity index (χ1v) is 8.84. The van der Waals surface area contributed by atoms with Crippen molar-refractivity contribution in [1.29, 1.82) is 0 Å². The van der Waals surface area contributed by atoms with Crippen LogP contribution in [0.3, 0.4) is 0 Å². The molecule has 1 atom stereocenters. The maximum atomic E-state index is 12.6. The second-order valence-corrected chi connectivity index (χ2v) is 6.82. The molecule has 0 spiro atoms. The highest BCUT2D eigenvalue weighted by Gasteiger charge is 2.30. The number of aryl methyl sites for hydroxylation is 2. The van der Waals surface area contributed by atoms with Gasteiger partial charge < -0.3 is 9.15 Å². The number of hydrogen-bond donors (Lipinski definition) is 0. The number of alkyl halides is 3. The van der Waals surface area contributed by atoms with Crippen LogP contribution < -0.4 is 0 Å². The van der Waals surface area contributed by atoms with E-state index in [9.17, 15) is 18.0 Å². The Labute approximate surface area is 160 Å². The van der Waals surface area contributed by atoms with Gasteiger partial charge in [-0.15, -0.1) is 0 Å². The van der Waals surface area contributed by atoms with Gasteiger partial charge in [-0.1, -0.05) is 18.2 Å². The topological polar surface area (TPSA) is 57.3 Å². The fraction of sp³-hybridized carbons (Fsp3) is 0.400. The van der Waals surface area contributed by atoms with E-state index in [2.05, 4.69) is 5.10 Å². The summed E-state index contributed by atoms with van der Waals surface area (Å²) in [6.45, 7) is 5.50. The van der Waals surface area contributed by atoms with Gasteiger partial charge in [0.2, 0.25) is 0 Å². The predicted octanol–water partition coefficient (Wildman–Crippen LogP) is 4.96. The quantitative estimate of drug-likeness (QED) is 0.574. The van der Waals surface area contributed by atoms with Crippen molar-refractivity contribution in [1.82, 2.24) is 9.78 Å². The van der Waals surface area contributed by atoms with Crippen LogP contribution in [0.15, 0.2) is 28.7 Å². The van der Waals surface area contributed by atoms with Crippen molar-refractivity contribution in [3.05, 3.63) is 52.5 Å². The van der Waals surface area contributed by atoms with Crippen LogP contribution in [0.1, 0.15) is 41.3 Å². The molecule has 0 fully saturated rings. The monoisotopic (exact) mass is 394 g/mol. The number of benzene rings is 1. The lowest BCUT2D eigenvalue weighted by Crippen LogP contribution is -2.20. The van der Waals surface area contributed by atoms with Crippen LogP contribution in [-0.2, 0) is 22.5 Å². The standard InChI is InChI=1S/C20H21F3N2O3/c1-11-15-7-5-6-8-17(15)28-19(11)14(4)27-18(26)9-16-12(2)24-25(13(16)3)10-20(21,22)23/h5-8,14H,9-10H2,1-4H3/t14-/m0/s1. The molecule has 3 aromatic rings. The van der Waals surface area contributed by atoms with Crippen LogP contribution in [0, 0.1) is 20.8 Å². The lowest BCUT2D eigenvalue weighted by molar-refractivity contribution is -0.148. The minimum absolute atomic E-state index is 0.154. The molecule has 0 bridgehead atoms. The van der Waals surface area contributed by atoms with Gasteiger partial charge in [-0.2, -0.15) is 18.3 Å². The second-order valence-electron chi connectivity index (χ2n) is 6.82. The van der Waals surface area contributed by atoms with Crippen LogP contribution in [0.2, 0.25) is 0 Å². The van der Waals surface area contributed by atoms with Crippen LogP contribution >= 0.6 is 0 Å². The molecule has 0 unspecified atom stereocenters. The Hall–Kier alpha value is -2.77. The van der Waals surface area contributed by atoms with Crippen molar-refractivity contribution in [2.24, 2.45) is 0 Å². The number of nitrogens with zero attached hydrogens (tertiary/aromatic N) is 2. The first-order valence-electron chi connectivity index (χ1n) is 8.84. The average molecular weight is 394 g/mol. The number of ether oxygens (including phenoxy) is 1. The molecule has 0 saturated heterocycles. The third-order valence-corrected chi connectivity index (χ3v) is 4.74. The van der Waals surface area contributed by atoms with E-state index in [1.807, 2.05) is 31.2 Å². The Kier molecular flexibility index (Phi) is 5.23. The average Bonchev–Trinajstić information content (AvgIpc) is 3.06. The Morgan fingerprint density at radius 3 is 2.57 bits per heavy atom. The van der Waals surface area contributed by atoms with Crippen molar-refractivity contribution in [2.75, 3.05) is 0 Å². The van der Waals surface area contributed by atoms with Gasteiger partial charge in [0.1, 0.15) is 17.9 Å². The van der Waals surface area contributed by atoms with E-state index in [0.29, 0.717) is 28.3 Å². The highest BCUT2D eigenvalue weighted by molar-refractivity contribution is 5.82. The zero-order valence-electron chi connectivity index (χ0n) is 16.1. The van der Waals surface area contributed by atoms with Crippen LogP contribution in [0.5, 0.6) is 0 Å². The summed E-state index contributed by atoms with van der Waals surface area (Å²) in [7, 11) is 0. The van der Waals surface area contributed by atoms with Gasteiger partial charge in [0.15, 0.2) is 6.10 Å². The molecule has 0 aliphatic heterocycles. The number of halogens is 3. The van der Waals surface area contributed by atoms with Gasteiger partial charge in [0.05, 0.1) is 12.1 Å². The van der Waals surface area contributed by atoms with E-state index in [4.69, 9.17) is 9.15 Å². The van der Waals surface area contributed by atoms with Crippen LogP contribution in [0.25, 0.3) is 11.0 Å². The van der Waals surface area contributed by atoms with Gasteiger partial charge in [0, 0.05) is 22.2 Å². The zero-order valence-corrected chi connectivity index (χ0v) is 16.1. The molecule has 0 aliphatic rings. The number of esters is 1. The van der Waals surface area contributed by atoms with E-state index < -0.39 is 24.8 Å². The number of hydrogen-bond acceptors (Lipinski definition) is 4. The number of rotatable bonds is 5. The summed E-state index contributed by atoms with van der Waals surface area (Å²) < 4.78 is 50.1. The first kappa shape index (κ1) is 20.0. The Morgan fingerprint density at radius 1 is 1.25 bits per heavy atom. The van der Waals surface area contributed by atoms with Crippen LogP contribution in [0.4, 0.5) is 13.2 Å². The summed E-state index contributed by atoms with van der Waals surface area (Å²) in [5, 5.41) is 4.84. The van der Waals surface area contributed by atoms with Crippen molar-refractivity contribution in [2.45, 2.75) is 52.9 Å². The molecule has 28 heavy (non-hydrogen) atoms. The summed E-state index contributed by atoms with van der Waals surface area (Å²) in [4.78, 5) is 12.4. The summed E-state index contributed by atoms with van der Waals surface area (Å²) in [5.74, 6) is 0.000810. The zero-order chi connectivity index (χ0) is 20.6.